The summed E-state index contributed by atoms with van der Waals surface area (Å²) in [4.78, 5) is 7.97. The molecule has 4 nitrogen and oxygen atoms in total. The molecule has 4 heteroatoms. The molecule has 0 atom stereocenters. The highest BCUT2D eigenvalue weighted by molar-refractivity contribution is 5.31. The molecule has 60 valence electrons. The minimum Gasteiger partial charge on any atom is -0.351 e. The number of anilines is 1. The standard InChI is InChI=1S/C8H8N4/c9-3-6-4-10-8(11-5-6)12-7-1-2-7/h4-5,7H,1-2H2,(H,10,11,12). The van der Waals surface area contributed by atoms with Crippen molar-refractivity contribution in [1.29, 1.82) is 5.26 Å². The van der Waals surface area contributed by atoms with Gasteiger partial charge in [0.25, 0.3) is 0 Å². The van der Waals surface area contributed by atoms with Gasteiger partial charge >= 0.3 is 0 Å². The van der Waals surface area contributed by atoms with E-state index in [2.05, 4.69) is 15.3 Å². The molecule has 0 unspecified atom stereocenters. The van der Waals surface area contributed by atoms with Gasteiger partial charge in [-0.25, -0.2) is 9.97 Å². The Bertz CT molecular complexity index is 307. The lowest BCUT2D eigenvalue weighted by Crippen LogP contribution is -2.04. The van der Waals surface area contributed by atoms with Gasteiger partial charge in [-0.15, -0.1) is 0 Å². The van der Waals surface area contributed by atoms with Crippen LogP contribution in [-0.2, 0) is 0 Å². The van der Waals surface area contributed by atoms with Crippen LogP contribution in [0.3, 0.4) is 0 Å². The van der Waals surface area contributed by atoms with Crippen LogP contribution in [0.1, 0.15) is 18.4 Å². The predicted molar refractivity (Wildman–Crippen MR) is 43.4 cm³/mol. The van der Waals surface area contributed by atoms with E-state index in [1.165, 1.54) is 25.2 Å². The Morgan fingerprint density at radius 2 is 2.08 bits per heavy atom. The maximum absolute atomic E-state index is 8.47. The third-order valence-electron chi connectivity index (χ3n) is 1.69. The van der Waals surface area contributed by atoms with E-state index in [9.17, 15) is 0 Å². The summed E-state index contributed by atoms with van der Waals surface area (Å²) in [6, 6.07) is 2.52. The topological polar surface area (TPSA) is 61.6 Å². The van der Waals surface area contributed by atoms with Crippen molar-refractivity contribution in [1.82, 2.24) is 9.97 Å². The van der Waals surface area contributed by atoms with Crippen LogP contribution in [0.15, 0.2) is 12.4 Å². The first-order valence-electron chi connectivity index (χ1n) is 3.87. The van der Waals surface area contributed by atoms with Crippen molar-refractivity contribution < 1.29 is 0 Å². The van der Waals surface area contributed by atoms with Crippen molar-refractivity contribution in [3.8, 4) is 6.07 Å². The van der Waals surface area contributed by atoms with Crippen molar-refractivity contribution in [2.75, 3.05) is 5.32 Å². The second-order valence-corrected chi connectivity index (χ2v) is 2.83. The number of aromatic nitrogens is 2. The Hall–Kier alpha value is -1.63. The van der Waals surface area contributed by atoms with E-state index in [0.717, 1.165) is 0 Å². The molecule has 1 aromatic rings. The van der Waals surface area contributed by atoms with Crippen LogP contribution < -0.4 is 5.32 Å². The SMILES string of the molecule is N#Cc1cnc(NC2CC2)nc1. The third-order valence-corrected chi connectivity index (χ3v) is 1.69. The van der Waals surface area contributed by atoms with Crippen molar-refractivity contribution in [3.63, 3.8) is 0 Å². The largest absolute Gasteiger partial charge is 0.351 e. The van der Waals surface area contributed by atoms with E-state index in [1.807, 2.05) is 6.07 Å². The maximum atomic E-state index is 8.47. The number of rotatable bonds is 2. The van der Waals surface area contributed by atoms with E-state index in [0.29, 0.717) is 17.6 Å². The maximum Gasteiger partial charge on any atom is 0.222 e. The Morgan fingerprint density at radius 3 is 2.58 bits per heavy atom. The zero-order valence-electron chi connectivity index (χ0n) is 6.49. The van der Waals surface area contributed by atoms with Gasteiger partial charge < -0.3 is 5.32 Å². The van der Waals surface area contributed by atoms with Crippen molar-refractivity contribution in [2.24, 2.45) is 0 Å². The van der Waals surface area contributed by atoms with Crippen LogP contribution in [0.5, 0.6) is 0 Å². The molecule has 1 aliphatic rings. The molecular weight excluding hydrogens is 152 g/mol. The summed E-state index contributed by atoms with van der Waals surface area (Å²) in [7, 11) is 0. The highest BCUT2D eigenvalue weighted by Crippen LogP contribution is 2.22. The molecule has 0 aliphatic heterocycles. The summed E-state index contributed by atoms with van der Waals surface area (Å²) >= 11 is 0. The number of hydrogen-bond donors (Lipinski definition) is 1. The lowest BCUT2D eigenvalue weighted by molar-refractivity contribution is 1.05. The molecule has 1 N–H and O–H groups in total. The second kappa shape index (κ2) is 2.78. The molecule has 12 heavy (non-hydrogen) atoms. The molecular formula is C8H8N4. The van der Waals surface area contributed by atoms with E-state index >= 15 is 0 Å². The Morgan fingerprint density at radius 1 is 1.42 bits per heavy atom. The zero-order chi connectivity index (χ0) is 8.39. The van der Waals surface area contributed by atoms with Gasteiger partial charge in [0, 0.05) is 6.04 Å². The molecule has 1 saturated carbocycles. The first-order chi connectivity index (χ1) is 5.88. The normalized spacial score (nSPS) is 15.2. The Labute approximate surface area is 70.3 Å². The van der Waals surface area contributed by atoms with E-state index < -0.39 is 0 Å². The summed E-state index contributed by atoms with van der Waals surface area (Å²) in [6.45, 7) is 0. The molecule has 1 aliphatic carbocycles. The number of nitriles is 1. The lowest BCUT2D eigenvalue weighted by atomic mass is 10.4. The smallest absolute Gasteiger partial charge is 0.222 e. The van der Waals surface area contributed by atoms with Crippen molar-refractivity contribution >= 4 is 5.95 Å². The molecule has 0 saturated heterocycles. The van der Waals surface area contributed by atoms with Gasteiger partial charge in [0.2, 0.25) is 5.95 Å². The van der Waals surface area contributed by atoms with Gasteiger partial charge in [0.15, 0.2) is 0 Å². The number of nitrogens with one attached hydrogen (secondary N) is 1. The summed E-state index contributed by atoms with van der Waals surface area (Å²) in [5, 5.41) is 11.6. The average Bonchev–Trinajstić information content (AvgIpc) is 2.90. The molecule has 1 heterocycles. The van der Waals surface area contributed by atoms with Crippen LogP contribution in [0.25, 0.3) is 0 Å². The van der Waals surface area contributed by atoms with Gasteiger partial charge in [0.1, 0.15) is 6.07 Å². The van der Waals surface area contributed by atoms with Crippen LogP contribution >= 0.6 is 0 Å². The quantitative estimate of drug-likeness (QED) is 0.698. The van der Waals surface area contributed by atoms with E-state index in [4.69, 9.17) is 5.26 Å². The summed E-state index contributed by atoms with van der Waals surface area (Å²) < 4.78 is 0. The minimum absolute atomic E-state index is 0.497. The average molecular weight is 160 g/mol. The first-order valence-corrected chi connectivity index (χ1v) is 3.87. The minimum atomic E-state index is 0.497. The molecule has 2 rings (SSSR count). The van der Waals surface area contributed by atoms with Crippen molar-refractivity contribution in [3.05, 3.63) is 18.0 Å². The predicted octanol–water partition coefficient (Wildman–Crippen LogP) is 0.923. The zero-order valence-corrected chi connectivity index (χ0v) is 6.49. The number of hydrogen-bond acceptors (Lipinski definition) is 4. The van der Waals surface area contributed by atoms with Crippen LogP contribution in [-0.4, -0.2) is 16.0 Å². The Kier molecular flexibility index (Phi) is 1.63. The molecule has 0 amide bonds. The fraction of sp³-hybridized carbons (Fsp3) is 0.375. The third kappa shape index (κ3) is 1.51. The summed E-state index contributed by atoms with van der Waals surface area (Å²) in [5.41, 5.74) is 0.497. The fourth-order valence-electron chi connectivity index (χ4n) is 0.871. The van der Waals surface area contributed by atoms with Gasteiger partial charge in [-0.2, -0.15) is 5.26 Å². The highest BCUT2D eigenvalue weighted by atomic mass is 15.1. The highest BCUT2D eigenvalue weighted by Gasteiger charge is 2.21. The fourth-order valence-corrected chi connectivity index (χ4v) is 0.871. The monoisotopic (exact) mass is 160 g/mol. The van der Waals surface area contributed by atoms with Crippen LogP contribution in [0.4, 0.5) is 5.95 Å². The molecule has 0 aromatic carbocycles. The van der Waals surface area contributed by atoms with Crippen LogP contribution in [0.2, 0.25) is 0 Å². The molecule has 1 aromatic heterocycles. The number of nitrogens with zero attached hydrogens (tertiary/aromatic N) is 3. The van der Waals surface area contributed by atoms with E-state index in [-0.39, 0.29) is 0 Å². The van der Waals surface area contributed by atoms with Gasteiger partial charge in [-0.3, -0.25) is 0 Å². The molecule has 0 radical (unpaired) electrons. The van der Waals surface area contributed by atoms with Gasteiger partial charge in [0.05, 0.1) is 18.0 Å². The van der Waals surface area contributed by atoms with E-state index in [1.54, 1.807) is 0 Å². The van der Waals surface area contributed by atoms with Gasteiger partial charge in [-0.05, 0) is 12.8 Å². The molecule has 0 spiro atoms. The Balaban J connectivity index is 2.08. The lowest BCUT2D eigenvalue weighted by Gasteiger charge is -1.99. The van der Waals surface area contributed by atoms with Crippen molar-refractivity contribution in [2.45, 2.75) is 18.9 Å². The van der Waals surface area contributed by atoms with Crippen LogP contribution in [0, 0.1) is 11.3 Å². The summed E-state index contributed by atoms with van der Waals surface area (Å²) in [5.74, 6) is 0.622. The molecule has 1 fully saturated rings. The van der Waals surface area contributed by atoms with Gasteiger partial charge in [-0.1, -0.05) is 0 Å². The molecule has 0 bridgehead atoms. The first kappa shape index (κ1) is 7.04. The second-order valence-electron chi connectivity index (χ2n) is 2.83. The summed E-state index contributed by atoms with van der Waals surface area (Å²) in [6.07, 6.45) is 5.45.